The first kappa shape index (κ1) is 19.8. The van der Waals surface area contributed by atoms with E-state index in [0.717, 1.165) is 34.0 Å². The molecule has 30 heavy (non-hydrogen) atoms. The molecule has 0 aliphatic heterocycles. The normalized spacial score (nSPS) is 11.7. The molecule has 1 aromatic heterocycles. The molecule has 0 fully saturated rings. The Morgan fingerprint density at radius 2 is 1.40 bits per heavy atom. The number of hydrogen-bond acceptors (Lipinski definition) is 4. The zero-order valence-corrected chi connectivity index (χ0v) is 16.4. The van der Waals surface area contributed by atoms with Gasteiger partial charge in [-0.2, -0.15) is 18.3 Å². The molecule has 3 nitrogen and oxygen atoms in total. The fraction of sp³-hybridized carbons (Fsp3) is 0.0435. The van der Waals surface area contributed by atoms with Crippen molar-refractivity contribution < 1.29 is 13.2 Å². The highest BCUT2D eigenvalue weighted by molar-refractivity contribution is 7.19. The van der Waals surface area contributed by atoms with Gasteiger partial charge in [-0.3, -0.25) is 5.43 Å². The highest BCUT2D eigenvalue weighted by Crippen LogP contribution is 2.39. The zero-order chi connectivity index (χ0) is 21.0. The van der Waals surface area contributed by atoms with E-state index in [1.165, 1.54) is 23.5 Å². The lowest BCUT2D eigenvalue weighted by Crippen LogP contribution is -2.08. The van der Waals surface area contributed by atoms with Crippen LogP contribution in [0.3, 0.4) is 0 Å². The van der Waals surface area contributed by atoms with Crippen molar-refractivity contribution in [3.8, 4) is 21.7 Å². The summed E-state index contributed by atoms with van der Waals surface area (Å²) in [4.78, 5) is 5.58. The van der Waals surface area contributed by atoms with E-state index < -0.39 is 11.7 Å². The van der Waals surface area contributed by atoms with Gasteiger partial charge in [0.1, 0.15) is 0 Å². The van der Waals surface area contributed by atoms with Gasteiger partial charge in [0.15, 0.2) is 0 Å². The lowest BCUT2D eigenvalue weighted by atomic mass is 10.1. The van der Waals surface area contributed by atoms with Crippen LogP contribution < -0.4 is 5.43 Å². The van der Waals surface area contributed by atoms with Crippen LogP contribution in [-0.2, 0) is 6.18 Å². The summed E-state index contributed by atoms with van der Waals surface area (Å²) >= 11 is 1.39. The maximum absolute atomic E-state index is 13.1. The highest BCUT2D eigenvalue weighted by atomic mass is 32.1. The molecule has 0 atom stereocenters. The number of hydrazone groups is 1. The second kappa shape index (κ2) is 8.51. The lowest BCUT2D eigenvalue weighted by Gasteiger charge is -2.08. The first-order valence-corrected chi connectivity index (χ1v) is 9.91. The summed E-state index contributed by atoms with van der Waals surface area (Å²) in [6.07, 6.45) is -3.28. The van der Waals surface area contributed by atoms with Crippen LogP contribution >= 0.6 is 11.3 Å². The molecule has 0 unspecified atom stereocenters. The van der Waals surface area contributed by atoms with Crippen molar-refractivity contribution in [1.29, 1.82) is 0 Å². The average Bonchev–Trinajstić information content (AvgIpc) is 3.19. The number of thiazole rings is 1. The van der Waals surface area contributed by atoms with Crippen molar-refractivity contribution in [3.63, 3.8) is 0 Å². The number of anilines is 1. The molecule has 7 heteroatoms. The molecule has 4 rings (SSSR count). The van der Waals surface area contributed by atoms with E-state index in [2.05, 4.69) is 15.5 Å². The molecular formula is C23H16F3N3S. The van der Waals surface area contributed by atoms with E-state index in [-0.39, 0.29) is 5.56 Å². The Hall–Kier alpha value is -3.45. The van der Waals surface area contributed by atoms with Crippen LogP contribution in [0, 0.1) is 0 Å². The average molecular weight is 423 g/mol. The molecule has 150 valence electrons. The fourth-order valence-electron chi connectivity index (χ4n) is 2.97. The third-order valence-corrected chi connectivity index (χ3v) is 5.35. The molecule has 0 saturated carbocycles. The quantitative estimate of drug-likeness (QED) is 0.279. The Morgan fingerprint density at radius 3 is 2.07 bits per heavy atom. The van der Waals surface area contributed by atoms with Gasteiger partial charge >= 0.3 is 6.18 Å². The first-order chi connectivity index (χ1) is 14.5. The van der Waals surface area contributed by atoms with Crippen molar-refractivity contribution >= 4 is 22.7 Å². The number of halogens is 3. The third kappa shape index (κ3) is 4.41. The molecule has 0 spiro atoms. The number of hydrogen-bond donors (Lipinski definition) is 1. The van der Waals surface area contributed by atoms with Gasteiger partial charge in [-0.05, 0) is 11.6 Å². The number of nitrogens with one attached hydrogen (secondary N) is 1. The molecule has 0 bridgehead atoms. The van der Waals surface area contributed by atoms with Gasteiger partial charge in [0.25, 0.3) is 0 Å². The van der Waals surface area contributed by atoms with Gasteiger partial charge in [0, 0.05) is 11.1 Å². The highest BCUT2D eigenvalue weighted by Gasteiger charge is 2.32. The molecule has 0 aliphatic carbocycles. The van der Waals surface area contributed by atoms with Crippen LogP contribution in [0.5, 0.6) is 0 Å². The molecule has 3 aromatic carbocycles. The van der Waals surface area contributed by atoms with Crippen LogP contribution in [0.4, 0.5) is 18.3 Å². The second-order valence-electron chi connectivity index (χ2n) is 6.38. The number of rotatable bonds is 5. The number of benzene rings is 3. The minimum absolute atomic E-state index is 0.0133. The standard InChI is InChI=1S/C23H16F3N3S/c24-23(25,26)19-14-8-7-13-18(19)15-27-29-22-28-20(16-9-3-1-4-10-16)21(30-22)17-11-5-2-6-12-17/h1-15H,(H,28,29)/b27-15-. The smallest absolute Gasteiger partial charge is 0.253 e. The summed E-state index contributed by atoms with van der Waals surface area (Å²) in [6.45, 7) is 0. The summed E-state index contributed by atoms with van der Waals surface area (Å²) < 4.78 is 39.4. The van der Waals surface area contributed by atoms with E-state index in [9.17, 15) is 13.2 Å². The number of nitrogens with zero attached hydrogens (tertiary/aromatic N) is 2. The van der Waals surface area contributed by atoms with E-state index in [4.69, 9.17) is 0 Å². The van der Waals surface area contributed by atoms with Crippen LogP contribution in [0.2, 0.25) is 0 Å². The maximum atomic E-state index is 13.1. The maximum Gasteiger partial charge on any atom is 0.417 e. The summed E-state index contributed by atoms with van der Waals surface area (Å²) in [7, 11) is 0. The van der Waals surface area contributed by atoms with Crippen molar-refractivity contribution in [2.45, 2.75) is 6.18 Å². The SMILES string of the molecule is FC(F)(F)c1ccccc1/C=N\Nc1nc(-c2ccccc2)c(-c2ccccc2)s1. The Morgan fingerprint density at radius 1 is 0.800 bits per heavy atom. The van der Waals surface area contributed by atoms with E-state index in [1.54, 1.807) is 6.07 Å². The van der Waals surface area contributed by atoms with Crippen molar-refractivity contribution in [1.82, 2.24) is 4.98 Å². The van der Waals surface area contributed by atoms with Gasteiger partial charge in [0.05, 0.1) is 22.3 Å². The molecule has 0 saturated heterocycles. The van der Waals surface area contributed by atoms with Gasteiger partial charge in [-0.15, -0.1) is 0 Å². The summed E-state index contributed by atoms with van der Waals surface area (Å²) in [5, 5.41) is 4.49. The zero-order valence-electron chi connectivity index (χ0n) is 15.6. The Kier molecular flexibility index (Phi) is 5.63. The van der Waals surface area contributed by atoms with Gasteiger partial charge in [-0.25, -0.2) is 4.98 Å². The van der Waals surface area contributed by atoms with Gasteiger partial charge in [-0.1, -0.05) is 90.2 Å². The minimum atomic E-state index is -4.44. The predicted molar refractivity (Wildman–Crippen MR) is 116 cm³/mol. The van der Waals surface area contributed by atoms with Gasteiger partial charge in [0.2, 0.25) is 5.13 Å². The molecule has 0 radical (unpaired) electrons. The van der Waals surface area contributed by atoms with Crippen LogP contribution in [0.15, 0.2) is 90.0 Å². The van der Waals surface area contributed by atoms with Gasteiger partial charge < -0.3 is 0 Å². The van der Waals surface area contributed by atoms with Crippen LogP contribution in [-0.4, -0.2) is 11.2 Å². The fourth-order valence-corrected chi connectivity index (χ4v) is 3.91. The summed E-state index contributed by atoms with van der Waals surface area (Å²) in [5.74, 6) is 0. The van der Waals surface area contributed by atoms with Crippen molar-refractivity contribution in [3.05, 3.63) is 96.1 Å². The lowest BCUT2D eigenvalue weighted by molar-refractivity contribution is -0.137. The Labute approximate surface area is 175 Å². The molecule has 0 aliphatic rings. The van der Waals surface area contributed by atoms with E-state index >= 15 is 0 Å². The Balaban J connectivity index is 1.65. The third-order valence-electron chi connectivity index (χ3n) is 4.34. The first-order valence-electron chi connectivity index (χ1n) is 9.09. The van der Waals surface area contributed by atoms with Crippen molar-refractivity contribution in [2.75, 3.05) is 5.43 Å². The number of aromatic nitrogens is 1. The Bertz CT molecular complexity index is 1100. The molecule has 4 aromatic rings. The van der Waals surface area contributed by atoms with E-state index in [1.807, 2.05) is 60.7 Å². The van der Waals surface area contributed by atoms with Crippen LogP contribution in [0.1, 0.15) is 11.1 Å². The van der Waals surface area contributed by atoms with Crippen LogP contribution in [0.25, 0.3) is 21.7 Å². The predicted octanol–water partition coefficient (Wildman–Crippen LogP) is 6.94. The number of alkyl halides is 3. The monoisotopic (exact) mass is 423 g/mol. The molecule has 1 N–H and O–H groups in total. The summed E-state index contributed by atoms with van der Waals surface area (Å²) in [6, 6.07) is 24.9. The minimum Gasteiger partial charge on any atom is -0.253 e. The topological polar surface area (TPSA) is 37.3 Å². The largest absolute Gasteiger partial charge is 0.417 e. The van der Waals surface area contributed by atoms with Crippen molar-refractivity contribution in [2.24, 2.45) is 5.10 Å². The molecule has 1 heterocycles. The molecular weight excluding hydrogens is 407 g/mol. The second-order valence-corrected chi connectivity index (χ2v) is 7.38. The van der Waals surface area contributed by atoms with E-state index in [0.29, 0.717) is 5.13 Å². The summed E-state index contributed by atoms with van der Waals surface area (Å²) in [5.41, 5.74) is 4.79. The molecule has 0 amide bonds.